The lowest BCUT2D eigenvalue weighted by Crippen LogP contribution is -2.03. The van der Waals surface area contributed by atoms with Crippen molar-refractivity contribution in [2.24, 2.45) is 0 Å². The highest BCUT2D eigenvalue weighted by Crippen LogP contribution is 2.26. The Balaban J connectivity index is 1.78. The summed E-state index contributed by atoms with van der Waals surface area (Å²) in [6, 6.07) is 15.0. The molecule has 0 fully saturated rings. The number of hydrogen-bond donors (Lipinski definition) is 2. The van der Waals surface area contributed by atoms with Gasteiger partial charge in [-0.3, -0.25) is 0 Å². The predicted octanol–water partition coefficient (Wildman–Crippen LogP) is 4.41. The van der Waals surface area contributed by atoms with Gasteiger partial charge in [0.05, 0.1) is 18.5 Å². The van der Waals surface area contributed by atoms with Crippen molar-refractivity contribution < 1.29 is 4.74 Å². The first-order valence-electron chi connectivity index (χ1n) is 7.46. The van der Waals surface area contributed by atoms with Crippen LogP contribution in [-0.2, 0) is 0 Å². The fourth-order valence-electron chi connectivity index (χ4n) is 2.10. The number of para-hydroxylation sites is 2. The van der Waals surface area contributed by atoms with E-state index in [1.54, 1.807) is 18.3 Å². The Hall–Kier alpha value is -2.86. The number of hydrogen-bond acceptors (Lipinski definition) is 6. The minimum Gasteiger partial charge on any atom is -0.492 e. The summed E-state index contributed by atoms with van der Waals surface area (Å²) in [5.41, 5.74) is 1.60. The van der Waals surface area contributed by atoms with Crippen LogP contribution in [0, 0.1) is 0 Å². The van der Waals surface area contributed by atoms with E-state index in [1.807, 2.05) is 43.3 Å². The summed E-state index contributed by atoms with van der Waals surface area (Å²) < 4.78 is 5.59. The molecule has 0 radical (unpaired) electrons. The third-order valence-corrected chi connectivity index (χ3v) is 3.32. The third-order valence-electron chi connectivity index (χ3n) is 3.09. The van der Waals surface area contributed by atoms with Crippen LogP contribution >= 0.6 is 11.6 Å². The van der Waals surface area contributed by atoms with Gasteiger partial charge in [0, 0.05) is 10.7 Å². The van der Waals surface area contributed by atoms with Crippen LogP contribution in [0.1, 0.15) is 6.92 Å². The summed E-state index contributed by atoms with van der Waals surface area (Å²) in [7, 11) is 0. The maximum Gasteiger partial charge on any atom is 0.249 e. The maximum absolute atomic E-state index is 5.97. The van der Waals surface area contributed by atoms with Gasteiger partial charge in [-0.25, -0.2) is 0 Å². The van der Waals surface area contributed by atoms with Crippen molar-refractivity contribution in [3.63, 3.8) is 0 Å². The molecule has 0 aliphatic rings. The van der Waals surface area contributed by atoms with Crippen molar-refractivity contribution in [2.75, 3.05) is 17.2 Å². The molecule has 0 aliphatic carbocycles. The molecule has 0 amide bonds. The Morgan fingerprint density at radius 1 is 1.08 bits per heavy atom. The largest absolute Gasteiger partial charge is 0.492 e. The second-order valence-corrected chi connectivity index (χ2v) is 5.29. The van der Waals surface area contributed by atoms with Gasteiger partial charge in [0.2, 0.25) is 5.95 Å². The van der Waals surface area contributed by atoms with Gasteiger partial charge in [0.25, 0.3) is 0 Å². The number of nitrogens with zero attached hydrogens (tertiary/aromatic N) is 3. The molecular formula is C17H16ClN5O. The zero-order chi connectivity index (χ0) is 16.8. The van der Waals surface area contributed by atoms with E-state index in [1.165, 1.54) is 0 Å². The molecule has 7 heteroatoms. The highest BCUT2D eigenvalue weighted by molar-refractivity contribution is 6.30. The minimum atomic E-state index is 0.371. The minimum absolute atomic E-state index is 0.371. The molecule has 0 unspecified atom stereocenters. The normalized spacial score (nSPS) is 10.2. The second-order valence-electron chi connectivity index (χ2n) is 4.85. The van der Waals surface area contributed by atoms with E-state index in [-0.39, 0.29) is 0 Å². The van der Waals surface area contributed by atoms with Crippen LogP contribution in [0.15, 0.2) is 54.7 Å². The van der Waals surface area contributed by atoms with Crippen LogP contribution in [-0.4, -0.2) is 21.8 Å². The molecule has 0 aliphatic heterocycles. The molecule has 6 nitrogen and oxygen atoms in total. The summed E-state index contributed by atoms with van der Waals surface area (Å²) in [6.45, 7) is 2.53. The summed E-state index contributed by atoms with van der Waals surface area (Å²) >= 11 is 5.97. The van der Waals surface area contributed by atoms with Crippen molar-refractivity contribution in [1.82, 2.24) is 15.2 Å². The van der Waals surface area contributed by atoms with E-state index in [4.69, 9.17) is 16.3 Å². The number of nitrogens with one attached hydrogen (secondary N) is 2. The maximum atomic E-state index is 5.97. The standard InChI is InChI=1S/C17H16ClN5O/c1-2-24-15-9-4-3-8-14(15)21-16-11-19-23-17(22-16)20-13-7-5-6-12(18)10-13/h3-11H,2H2,1H3,(H2,20,21,22,23). The lowest BCUT2D eigenvalue weighted by molar-refractivity contribution is 0.342. The molecule has 122 valence electrons. The van der Waals surface area contributed by atoms with Gasteiger partial charge in [-0.2, -0.15) is 10.1 Å². The molecule has 2 aromatic carbocycles. The van der Waals surface area contributed by atoms with Crippen molar-refractivity contribution in [2.45, 2.75) is 6.92 Å². The van der Waals surface area contributed by atoms with Gasteiger partial charge >= 0.3 is 0 Å². The number of rotatable bonds is 6. The Labute approximate surface area is 144 Å². The van der Waals surface area contributed by atoms with Crippen LogP contribution in [0.5, 0.6) is 5.75 Å². The van der Waals surface area contributed by atoms with E-state index < -0.39 is 0 Å². The van der Waals surface area contributed by atoms with Crippen LogP contribution in [0.3, 0.4) is 0 Å². The Morgan fingerprint density at radius 2 is 1.96 bits per heavy atom. The van der Waals surface area contributed by atoms with Gasteiger partial charge < -0.3 is 15.4 Å². The van der Waals surface area contributed by atoms with Crippen molar-refractivity contribution in [3.8, 4) is 5.75 Å². The van der Waals surface area contributed by atoms with Gasteiger partial charge in [0.1, 0.15) is 5.75 Å². The molecular weight excluding hydrogens is 326 g/mol. The van der Waals surface area contributed by atoms with Crippen LogP contribution in [0.25, 0.3) is 0 Å². The third kappa shape index (κ3) is 4.11. The predicted molar refractivity (Wildman–Crippen MR) is 95.5 cm³/mol. The zero-order valence-corrected chi connectivity index (χ0v) is 13.8. The molecule has 24 heavy (non-hydrogen) atoms. The molecule has 0 bridgehead atoms. The molecule has 1 aromatic heterocycles. The van der Waals surface area contributed by atoms with Crippen molar-refractivity contribution in [3.05, 3.63) is 59.8 Å². The van der Waals surface area contributed by atoms with Gasteiger partial charge in [-0.05, 0) is 37.3 Å². The lowest BCUT2D eigenvalue weighted by Gasteiger charge is -2.12. The number of ether oxygens (including phenoxy) is 1. The van der Waals surface area contributed by atoms with E-state index in [0.717, 1.165) is 17.1 Å². The van der Waals surface area contributed by atoms with E-state index in [9.17, 15) is 0 Å². The molecule has 0 spiro atoms. The van der Waals surface area contributed by atoms with Gasteiger partial charge in [0.15, 0.2) is 5.82 Å². The average molecular weight is 342 g/mol. The van der Waals surface area contributed by atoms with Gasteiger partial charge in [-0.1, -0.05) is 29.8 Å². The molecule has 0 saturated carbocycles. The first-order valence-corrected chi connectivity index (χ1v) is 7.83. The van der Waals surface area contributed by atoms with Crippen LogP contribution in [0.4, 0.5) is 23.1 Å². The molecule has 3 rings (SSSR count). The number of anilines is 4. The molecule has 0 atom stereocenters. The topological polar surface area (TPSA) is 72.0 Å². The quantitative estimate of drug-likeness (QED) is 0.692. The second kappa shape index (κ2) is 7.61. The molecule has 1 heterocycles. The summed E-state index contributed by atoms with van der Waals surface area (Å²) in [5.74, 6) is 1.68. The summed E-state index contributed by atoms with van der Waals surface area (Å²) in [6.07, 6.45) is 1.55. The number of aromatic nitrogens is 3. The fraction of sp³-hybridized carbons (Fsp3) is 0.118. The van der Waals surface area contributed by atoms with Gasteiger partial charge in [-0.15, -0.1) is 5.10 Å². The molecule has 3 aromatic rings. The Bertz CT molecular complexity index is 827. The Kier molecular flexibility index (Phi) is 5.08. The highest BCUT2D eigenvalue weighted by atomic mass is 35.5. The SMILES string of the molecule is CCOc1ccccc1Nc1cnnc(Nc2cccc(Cl)c2)n1. The van der Waals surface area contributed by atoms with Crippen molar-refractivity contribution in [1.29, 1.82) is 0 Å². The monoisotopic (exact) mass is 341 g/mol. The zero-order valence-electron chi connectivity index (χ0n) is 13.0. The van der Waals surface area contributed by atoms with Crippen LogP contribution < -0.4 is 15.4 Å². The highest BCUT2D eigenvalue weighted by Gasteiger charge is 2.06. The van der Waals surface area contributed by atoms with E-state index in [2.05, 4.69) is 25.8 Å². The fourth-order valence-corrected chi connectivity index (χ4v) is 2.29. The summed E-state index contributed by atoms with van der Waals surface area (Å²) in [5, 5.41) is 14.8. The van der Waals surface area contributed by atoms with E-state index >= 15 is 0 Å². The molecule has 2 N–H and O–H groups in total. The number of halogens is 1. The first-order chi connectivity index (χ1) is 11.7. The van der Waals surface area contributed by atoms with Crippen LogP contribution in [0.2, 0.25) is 5.02 Å². The smallest absolute Gasteiger partial charge is 0.249 e. The van der Waals surface area contributed by atoms with Crippen molar-refractivity contribution >= 4 is 34.7 Å². The number of benzene rings is 2. The average Bonchev–Trinajstić information content (AvgIpc) is 2.57. The van der Waals surface area contributed by atoms with E-state index in [0.29, 0.717) is 23.4 Å². The molecule has 0 saturated heterocycles. The first kappa shape index (κ1) is 16.0. The lowest BCUT2D eigenvalue weighted by atomic mass is 10.3. The Morgan fingerprint density at radius 3 is 2.79 bits per heavy atom. The summed E-state index contributed by atoms with van der Waals surface area (Å²) in [4.78, 5) is 4.40.